The number of pyridine rings is 1. The number of nitrogens with zero attached hydrogens (tertiary/aromatic N) is 1. The Morgan fingerprint density at radius 2 is 1.84 bits per heavy atom. The third-order valence-corrected chi connectivity index (χ3v) is 2.94. The summed E-state index contributed by atoms with van der Waals surface area (Å²) < 4.78 is 27.7. The maximum atomic E-state index is 13.8. The lowest BCUT2D eigenvalue weighted by Crippen LogP contribution is -2.25. The molecule has 0 saturated heterocycles. The van der Waals surface area contributed by atoms with Crippen molar-refractivity contribution in [1.82, 2.24) is 10.3 Å². The summed E-state index contributed by atoms with van der Waals surface area (Å²) in [6.45, 7) is 2.54. The molecule has 19 heavy (non-hydrogen) atoms. The van der Waals surface area contributed by atoms with Gasteiger partial charge >= 0.3 is 0 Å². The molecular formula is C15H16F2N2. The Labute approximate surface area is 111 Å². The molecular weight excluding hydrogens is 246 g/mol. The molecule has 0 amide bonds. The minimum absolute atomic E-state index is 0.0787. The van der Waals surface area contributed by atoms with Gasteiger partial charge in [0.05, 0.1) is 0 Å². The standard InChI is InChI=1S/C15H16F2N2/c1-2-18-14(10-11-6-3-4-9-19-11)15-12(16)7-5-8-13(15)17/h3-9,14,18H,2,10H2,1H3. The maximum Gasteiger partial charge on any atom is 0.130 e. The zero-order valence-corrected chi connectivity index (χ0v) is 10.7. The predicted molar refractivity (Wildman–Crippen MR) is 70.7 cm³/mol. The molecule has 0 saturated carbocycles. The van der Waals surface area contributed by atoms with Crippen LogP contribution in [0, 0.1) is 11.6 Å². The molecule has 1 unspecified atom stereocenters. The van der Waals surface area contributed by atoms with Crippen LogP contribution in [0.25, 0.3) is 0 Å². The van der Waals surface area contributed by atoms with E-state index in [1.54, 1.807) is 6.20 Å². The van der Waals surface area contributed by atoms with Crippen molar-refractivity contribution >= 4 is 0 Å². The second kappa shape index (κ2) is 6.38. The van der Waals surface area contributed by atoms with Crippen LogP contribution in [0.4, 0.5) is 8.78 Å². The van der Waals surface area contributed by atoms with Crippen LogP contribution in [-0.4, -0.2) is 11.5 Å². The van der Waals surface area contributed by atoms with E-state index in [0.717, 1.165) is 5.69 Å². The second-order valence-electron chi connectivity index (χ2n) is 4.27. The van der Waals surface area contributed by atoms with Crippen molar-refractivity contribution in [3.63, 3.8) is 0 Å². The molecule has 100 valence electrons. The van der Waals surface area contributed by atoms with Crippen molar-refractivity contribution in [2.45, 2.75) is 19.4 Å². The van der Waals surface area contributed by atoms with Crippen LogP contribution >= 0.6 is 0 Å². The van der Waals surface area contributed by atoms with Gasteiger partial charge in [-0.2, -0.15) is 0 Å². The van der Waals surface area contributed by atoms with Gasteiger partial charge in [0.15, 0.2) is 0 Å². The highest BCUT2D eigenvalue weighted by molar-refractivity contribution is 5.25. The highest BCUT2D eigenvalue weighted by atomic mass is 19.1. The minimum Gasteiger partial charge on any atom is -0.310 e. The zero-order chi connectivity index (χ0) is 13.7. The molecule has 1 aromatic heterocycles. The van der Waals surface area contributed by atoms with Gasteiger partial charge in [0.1, 0.15) is 11.6 Å². The van der Waals surface area contributed by atoms with Crippen LogP contribution in [0.5, 0.6) is 0 Å². The van der Waals surface area contributed by atoms with E-state index in [2.05, 4.69) is 10.3 Å². The molecule has 0 aliphatic carbocycles. The summed E-state index contributed by atoms with van der Waals surface area (Å²) >= 11 is 0. The van der Waals surface area contributed by atoms with Gasteiger partial charge in [-0.1, -0.05) is 19.1 Å². The van der Waals surface area contributed by atoms with E-state index in [4.69, 9.17) is 0 Å². The van der Waals surface area contributed by atoms with Gasteiger partial charge in [-0.05, 0) is 30.8 Å². The lowest BCUT2D eigenvalue weighted by atomic mass is 10.0. The van der Waals surface area contributed by atoms with E-state index in [1.165, 1.54) is 18.2 Å². The normalized spacial score (nSPS) is 12.4. The van der Waals surface area contributed by atoms with Gasteiger partial charge in [0, 0.05) is 29.9 Å². The lowest BCUT2D eigenvalue weighted by Gasteiger charge is -2.19. The van der Waals surface area contributed by atoms with Crippen molar-refractivity contribution in [1.29, 1.82) is 0 Å². The van der Waals surface area contributed by atoms with Gasteiger partial charge in [-0.25, -0.2) is 8.78 Å². The van der Waals surface area contributed by atoms with Crippen LogP contribution in [0.15, 0.2) is 42.6 Å². The first-order chi connectivity index (χ1) is 9.22. The monoisotopic (exact) mass is 262 g/mol. The van der Waals surface area contributed by atoms with Gasteiger partial charge < -0.3 is 5.32 Å². The molecule has 2 rings (SSSR count). The molecule has 0 aliphatic heterocycles. The average molecular weight is 262 g/mol. The topological polar surface area (TPSA) is 24.9 Å². The molecule has 0 bridgehead atoms. The summed E-state index contributed by atoms with van der Waals surface area (Å²) in [5, 5.41) is 3.11. The van der Waals surface area contributed by atoms with Crippen LogP contribution < -0.4 is 5.32 Å². The first-order valence-corrected chi connectivity index (χ1v) is 6.29. The number of aromatic nitrogens is 1. The Kier molecular flexibility index (Phi) is 4.58. The Bertz CT molecular complexity index is 509. The molecule has 1 N–H and O–H groups in total. The van der Waals surface area contributed by atoms with Gasteiger partial charge in [0.25, 0.3) is 0 Å². The Hall–Kier alpha value is -1.81. The molecule has 0 spiro atoms. The minimum atomic E-state index is -0.526. The van der Waals surface area contributed by atoms with E-state index in [0.29, 0.717) is 13.0 Å². The number of rotatable bonds is 5. The number of likely N-dealkylation sites (N-methyl/N-ethyl adjacent to an activating group) is 1. The fraction of sp³-hybridized carbons (Fsp3) is 0.267. The Balaban J connectivity index is 2.30. The Morgan fingerprint density at radius 1 is 1.11 bits per heavy atom. The molecule has 1 heterocycles. The predicted octanol–water partition coefficient (Wildman–Crippen LogP) is 3.25. The summed E-state index contributed by atoms with van der Waals surface area (Å²) in [7, 11) is 0. The highest BCUT2D eigenvalue weighted by Crippen LogP contribution is 2.23. The molecule has 4 heteroatoms. The van der Waals surface area contributed by atoms with Crippen LogP contribution in [0.3, 0.4) is 0 Å². The van der Waals surface area contributed by atoms with E-state index in [-0.39, 0.29) is 5.56 Å². The SMILES string of the molecule is CCNC(Cc1ccccn1)c1c(F)cccc1F. The molecule has 2 nitrogen and oxygen atoms in total. The average Bonchev–Trinajstić information content (AvgIpc) is 2.40. The van der Waals surface area contributed by atoms with Gasteiger partial charge in [0.2, 0.25) is 0 Å². The van der Waals surface area contributed by atoms with Crippen molar-refractivity contribution in [2.24, 2.45) is 0 Å². The van der Waals surface area contributed by atoms with Crippen LogP contribution in [-0.2, 0) is 6.42 Å². The quantitative estimate of drug-likeness (QED) is 0.894. The summed E-state index contributed by atoms with van der Waals surface area (Å²) in [5.41, 5.74) is 0.881. The molecule has 0 aliphatic rings. The Morgan fingerprint density at radius 3 is 2.42 bits per heavy atom. The summed E-state index contributed by atoms with van der Waals surface area (Å²) in [6.07, 6.45) is 2.13. The van der Waals surface area contributed by atoms with E-state index in [1.807, 2.05) is 25.1 Å². The zero-order valence-electron chi connectivity index (χ0n) is 10.7. The third-order valence-electron chi connectivity index (χ3n) is 2.94. The second-order valence-corrected chi connectivity index (χ2v) is 4.27. The summed E-state index contributed by atoms with van der Waals surface area (Å²) in [5.74, 6) is -1.05. The number of halogens is 2. The van der Waals surface area contributed by atoms with Gasteiger partial charge in [-0.3, -0.25) is 4.98 Å². The van der Waals surface area contributed by atoms with Crippen LogP contribution in [0.2, 0.25) is 0 Å². The van der Waals surface area contributed by atoms with Crippen molar-refractivity contribution in [3.05, 3.63) is 65.5 Å². The van der Waals surface area contributed by atoms with E-state index >= 15 is 0 Å². The first kappa shape index (κ1) is 13.6. The smallest absolute Gasteiger partial charge is 0.130 e. The number of hydrogen-bond acceptors (Lipinski definition) is 2. The van der Waals surface area contributed by atoms with Crippen molar-refractivity contribution < 1.29 is 8.78 Å². The number of nitrogens with one attached hydrogen (secondary N) is 1. The highest BCUT2D eigenvalue weighted by Gasteiger charge is 2.19. The molecule has 1 atom stereocenters. The number of benzene rings is 1. The summed E-state index contributed by atoms with van der Waals surface area (Å²) in [6, 6.07) is 9.04. The van der Waals surface area contributed by atoms with Crippen molar-refractivity contribution in [2.75, 3.05) is 6.54 Å². The molecule has 0 fully saturated rings. The number of hydrogen-bond donors (Lipinski definition) is 1. The fourth-order valence-corrected chi connectivity index (χ4v) is 2.09. The molecule has 1 aromatic carbocycles. The van der Waals surface area contributed by atoms with E-state index in [9.17, 15) is 8.78 Å². The molecule has 0 radical (unpaired) electrons. The third kappa shape index (κ3) is 3.35. The van der Waals surface area contributed by atoms with Gasteiger partial charge in [-0.15, -0.1) is 0 Å². The summed E-state index contributed by atoms with van der Waals surface area (Å²) in [4.78, 5) is 4.20. The maximum absolute atomic E-state index is 13.8. The van der Waals surface area contributed by atoms with E-state index < -0.39 is 17.7 Å². The first-order valence-electron chi connectivity index (χ1n) is 6.29. The molecule has 2 aromatic rings. The van der Waals surface area contributed by atoms with Crippen molar-refractivity contribution in [3.8, 4) is 0 Å². The largest absolute Gasteiger partial charge is 0.310 e. The van der Waals surface area contributed by atoms with Crippen LogP contribution in [0.1, 0.15) is 24.2 Å². The fourth-order valence-electron chi connectivity index (χ4n) is 2.09. The lowest BCUT2D eigenvalue weighted by molar-refractivity contribution is 0.470.